The molecule has 192 valence electrons. The van der Waals surface area contributed by atoms with Gasteiger partial charge in [-0.1, -0.05) is 29.8 Å². The number of amides is 2. The molecule has 8 nitrogen and oxygen atoms in total. The number of aliphatic hydroxyl groups is 1. The Morgan fingerprint density at radius 1 is 1.28 bits per heavy atom. The number of nitrogens with one attached hydrogen (secondary N) is 2. The van der Waals surface area contributed by atoms with Crippen molar-refractivity contribution in [3.8, 4) is 0 Å². The highest BCUT2D eigenvalue weighted by Gasteiger charge is 2.38. The number of benzene rings is 2. The number of nitrogens with zero attached hydrogens (tertiary/aromatic N) is 1. The van der Waals surface area contributed by atoms with E-state index >= 15 is 0 Å². The first-order chi connectivity index (χ1) is 17.0. The van der Waals surface area contributed by atoms with Crippen LogP contribution >= 0.6 is 22.9 Å². The average molecular weight is 554 g/mol. The summed E-state index contributed by atoms with van der Waals surface area (Å²) in [5, 5.41) is 13.8. The van der Waals surface area contributed by atoms with Crippen molar-refractivity contribution >= 4 is 54.9 Å². The number of carbonyl (C=O) groups is 2. The normalized spacial score (nSPS) is 19.1. The van der Waals surface area contributed by atoms with Crippen LogP contribution in [0.25, 0.3) is 10.1 Å². The van der Waals surface area contributed by atoms with Crippen LogP contribution in [-0.4, -0.2) is 61.5 Å². The lowest BCUT2D eigenvalue weighted by Crippen LogP contribution is -2.43. The van der Waals surface area contributed by atoms with Gasteiger partial charge in [-0.05, 0) is 55.5 Å². The van der Waals surface area contributed by atoms with Crippen molar-refractivity contribution in [3.63, 3.8) is 0 Å². The molecule has 0 bridgehead atoms. The topological polar surface area (TPSA) is 116 Å². The summed E-state index contributed by atoms with van der Waals surface area (Å²) < 4.78 is 41.3. The van der Waals surface area contributed by atoms with Crippen LogP contribution in [0.15, 0.2) is 53.4 Å². The number of sulfonamides is 1. The van der Waals surface area contributed by atoms with Crippen LogP contribution in [0.1, 0.15) is 29.4 Å². The molecule has 0 radical (unpaired) electrons. The minimum Gasteiger partial charge on any atom is -0.392 e. The van der Waals surface area contributed by atoms with Gasteiger partial charge in [0.15, 0.2) is 0 Å². The lowest BCUT2D eigenvalue weighted by atomic mass is 10.2. The predicted molar refractivity (Wildman–Crippen MR) is 136 cm³/mol. The molecule has 1 aliphatic heterocycles. The maximum absolute atomic E-state index is 13.2. The first-order valence-electron chi connectivity index (χ1n) is 11.3. The largest absolute Gasteiger partial charge is 0.392 e. The Kier molecular flexibility index (Phi) is 7.96. The van der Waals surface area contributed by atoms with E-state index in [1.165, 1.54) is 11.3 Å². The molecule has 0 saturated carbocycles. The first kappa shape index (κ1) is 26.5. The molecule has 2 amide bonds. The number of fused-ring (bicyclic) bond motifs is 1. The number of hydrogen-bond donors (Lipinski definition) is 3. The fraction of sp³-hybridized carbons (Fsp3) is 0.333. The monoisotopic (exact) mass is 553 g/mol. The Morgan fingerprint density at radius 3 is 2.75 bits per heavy atom. The van der Waals surface area contributed by atoms with Crippen LogP contribution in [-0.2, 0) is 14.8 Å². The molecule has 3 N–H and O–H groups in total. The molecule has 1 aliphatic rings. The van der Waals surface area contributed by atoms with Crippen molar-refractivity contribution in [2.75, 3.05) is 13.1 Å². The van der Waals surface area contributed by atoms with Gasteiger partial charge in [-0.15, -0.1) is 11.3 Å². The van der Waals surface area contributed by atoms with E-state index in [4.69, 9.17) is 11.6 Å². The molecular weight excluding hydrogens is 529 g/mol. The molecule has 1 aromatic heterocycles. The molecule has 2 heterocycles. The van der Waals surface area contributed by atoms with Crippen LogP contribution in [0.5, 0.6) is 0 Å². The van der Waals surface area contributed by atoms with Gasteiger partial charge in [-0.25, -0.2) is 17.5 Å². The lowest BCUT2D eigenvalue weighted by Gasteiger charge is -2.23. The van der Waals surface area contributed by atoms with E-state index in [1.54, 1.807) is 11.0 Å². The molecule has 36 heavy (non-hydrogen) atoms. The van der Waals surface area contributed by atoms with E-state index in [2.05, 4.69) is 10.0 Å². The highest BCUT2D eigenvalue weighted by molar-refractivity contribution is 7.89. The van der Waals surface area contributed by atoms with Gasteiger partial charge in [-0.2, -0.15) is 0 Å². The second-order valence-electron chi connectivity index (χ2n) is 8.66. The molecule has 0 aliphatic carbocycles. The molecule has 3 aromatic rings. The Labute approximate surface area is 217 Å². The second kappa shape index (κ2) is 10.8. The van der Waals surface area contributed by atoms with E-state index in [0.717, 1.165) is 28.3 Å². The maximum atomic E-state index is 13.2. The van der Waals surface area contributed by atoms with E-state index in [0.29, 0.717) is 11.3 Å². The number of thiophene rings is 1. The van der Waals surface area contributed by atoms with Crippen LogP contribution in [0, 0.1) is 5.82 Å². The third-order valence-electron chi connectivity index (χ3n) is 6.04. The zero-order valence-electron chi connectivity index (χ0n) is 19.3. The summed E-state index contributed by atoms with van der Waals surface area (Å²) in [5.74, 6) is -1.22. The Balaban J connectivity index is 1.29. The van der Waals surface area contributed by atoms with E-state index in [9.17, 15) is 27.5 Å². The summed E-state index contributed by atoms with van der Waals surface area (Å²) in [5.41, 5.74) is 0. The van der Waals surface area contributed by atoms with E-state index < -0.39 is 28.0 Å². The second-order valence-corrected chi connectivity index (χ2v) is 11.9. The molecular formula is C24H25ClFN3O5S2. The summed E-state index contributed by atoms with van der Waals surface area (Å²) in [7, 11) is -4.06. The predicted octanol–water partition coefficient (Wildman–Crippen LogP) is 3.14. The van der Waals surface area contributed by atoms with Gasteiger partial charge in [0.1, 0.15) is 16.8 Å². The molecule has 4 rings (SSSR count). The number of rotatable bonds is 9. The van der Waals surface area contributed by atoms with Gasteiger partial charge in [0.25, 0.3) is 5.91 Å². The van der Waals surface area contributed by atoms with Crippen molar-refractivity contribution < 1.29 is 27.5 Å². The van der Waals surface area contributed by atoms with Crippen LogP contribution in [0.4, 0.5) is 4.39 Å². The Bertz CT molecular complexity index is 1360. The molecule has 12 heteroatoms. The van der Waals surface area contributed by atoms with Crippen molar-refractivity contribution in [1.82, 2.24) is 14.9 Å². The average Bonchev–Trinajstić information content (AvgIpc) is 3.37. The van der Waals surface area contributed by atoms with E-state index in [-0.39, 0.29) is 47.3 Å². The summed E-state index contributed by atoms with van der Waals surface area (Å²) in [6, 6.07) is 11.5. The molecule has 2 aromatic carbocycles. The third kappa shape index (κ3) is 5.87. The molecule has 1 fully saturated rings. The molecule has 1 saturated heterocycles. The van der Waals surface area contributed by atoms with Crippen LogP contribution in [0.2, 0.25) is 5.02 Å². The van der Waals surface area contributed by atoms with Crippen molar-refractivity contribution in [1.29, 1.82) is 0 Å². The van der Waals surface area contributed by atoms with Gasteiger partial charge in [0.2, 0.25) is 15.9 Å². The number of halogens is 2. The fourth-order valence-electron chi connectivity index (χ4n) is 4.13. The first-order valence-corrected chi connectivity index (χ1v) is 14.0. The van der Waals surface area contributed by atoms with Gasteiger partial charge < -0.3 is 15.3 Å². The Hall–Kier alpha value is -2.57. The maximum Gasteiger partial charge on any atom is 0.262 e. The summed E-state index contributed by atoms with van der Waals surface area (Å²) in [6.45, 7) is 1.74. The highest BCUT2D eigenvalue weighted by atomic mass is 35.5. The minimum atomic E-state index is -4.06. The zero-order chi connectivity index (χ0) is 26.0. The lowest BCUT2D eigenvalue weighted by molar-refractivity contribution is -0.130. The smallest absolute Gasteiger partial charge is 0.262 e. The van der Waals surface area contributed by atoms with E-state index in [1.807, 2.05) is 31.2 Å². The number of aliphatic hydroxyl groups excluding tert-OH is 1. The van der Waals surface area contributed by atoms with Gasteiger partial charge >= 0.3 is 0 Å². The van der Waals surface area contributed by atoms with Gasteiger partial charge in [-0.3, -0.25) is 9.59 Å². The summed E-state index contributed by atoms with van der Waals surface area (Å²) in [4.78, 5) is 27.4. The Morgan fingerprint density at radius 2 is 2.03 bits per heavy atom. The van der Waals surface area contributed by atoms with Gasteiger partial charge in [0, 0.05) is 23.8 Å². The number of likely N-dealkylation sites (tertiary alicyclic amines) is 1. The minimum absolute atomic E-state index is 0.118. The highest BCUT2D eigenvalue weighted by Crippen LogP contribution is 2.26. The zero-order valence-corrected chi connectivity index (χ0v) is 21.7. The third-order valence-corrected chi connectivity index (χ3v) is 9.06. The molecule has 1 unspecified atom stereocenters. The van der Waals surface area contributed by atoms with Crippen LogP contribution < -0.4 is 10.0 Å². The van der Waals surface area contributed by atoms with Crippen molar-refractivity contribution in [2.24, 2.45) is 0 Å². The summed E-state index contributed by atoms with van der Waals surface area (Å²) >= 11 is 7.18. The SMILES string of the molecule is CC1C[C@H](NC(=O)c2cc3ccccc3s2)C(=O)N1CC[C@H](O)CNS(=O)(=O)c1ccc(F)cc1Cl. The van der Waals surface area contributed by atoms with Crippen LogP contribution in [0.3, 0.4) is 0 Å². The number of hydrogen-bond acceptors (Lipinski definition) is 6. The van der Waals surface area contributed by atoms with Crippen molar-refractivity contribution in [2.45, 2.75) is 42.8 Å². The molecule has 3 atom stereocenters. The quantitative estimate of drug-likeness (QED) is 0.376. The number of carbonyl (C=O) groups excluding carboxylic acids is 2. The molecule has 0 spiro atoms. The van der Waals surface area contributed by atoms with Crippen molar-refractivity contribution in [3.05, 3.63) is 64.2 Å². The summed E-state index contributed by atoms with van der Waals surface area (Å²) in [6.07, 6.45) is -0.528. The fourth-order valence-corrected chi connectivity index (χ4v) is 6.70. The van der Waals surface area contributed by atoms with Gasteiger partial charge in [0.05, 0.1) is 16.0 Å². The standard InChI is InChI=1S/C24H25ClFN3O5S2/c1-14-10-19(28-23(31)21-11-15-4-2-3-5-20(15)35-21)24(32)29(14)9-8-17(30)13-27-36(33,34)22-7-6-16(26)12-18(22)25/h2-7,11-12,14,17,19,27,30H,8-10,13H2,1H3,(H,28,31)/t14?,17-,19-/m0/s1.